The minimum Gasteiger partial charge on any atom is -0.495 e. The van der Waals surface area contributed by atoms with Crippen molar-refractivity contribution >= 4 is 41.0 Å². The van der Waals surface area contributed by atoms with Crippen molar-refractivity contribution in [3.05, 3.63) is 35.7 Å². The second kappa shape index (κ2) is 10.4. The summed E-state index contributed by atoms with van der Waals surface area (Å²) >= 11 is 0. The maximum atomic E-state index is 12.0. The Hall–Kier alpha value is -2.91. The molecule has 10 heteroatoms. The molecule has 1 N–H and O–H groups in total. The van der Waals surface area contributed by atoms with E-state index in [-0.39, 0.29) is 24.4 Å². The molecule has 1 aromatic carbocycles. The number of benzene rings is 1. The smallest absolute Gasteiger partial charge is 0.229 e. The summed E-state index contributed by atoms with van der Waals surface area (Å²) in [5.74, 6) is 1.40. The van der Waals surface area contributed by atoms with E-state index in [9.17, 15) is 4.79 Å². The van der Waals surface area contributed by atoms with Crippen LogP contribution in [-0.2, 0) is 24.3 Å². The molecular formula is C25H34ClN7O2. The Balaban J connectivity index is 0.00000289. The van der Waals surface area contributed by atoms with Crippen molar-refractivity contribution in [3.8, 4) is 5.75 Å². The summed E-state index contributed by atoms with van der Waals surface area (Å²) in [5, 5.41) is 8.79. The number of likely N-dealkylation sites (tertiary alicyclic amines) is 1. The van der Waals surface area contributed by atoms with E-state index in [1.54, 1.807) is 26.4 Å². The molecule has 1 fully saturated rings. The molecule has 4 heterocycles. The number of methoxy groups -OCH3 is 1. The third kappa shape index (κ3) is 5.06. The quantitative estimate of drug-likeness (QED) is 0.552. The number of halogens is 1. The van der Waals surface area contributed by atoms with Gasteiger partial charge < -0.3 is 15.0 Å². The molecule has 1 amide bonds. The summed E-state index contributed by atoms with van der Waals surface area (Å²) in [7, 11) is 1.69. The molecule has 1 atom stereocenters. The fourth-order valence-electron chi connectivity index (χ4n) is 5.14. The van der Waals surface area contributed by atoms with Crippen LogP contribution >= 0.6 is 12.4 Å². The van der Waals surface area contributed by atoms with E-state index in [0.29, 0.717) is 18.5 Å². The Morgan fingerprint density at radius 2 is 2.06 bits per heavy atom. The summed E-state index contributed by atoms with van der Waals surface area (Å²) in [6.07, 6.45) is 6.60. The lowest BCUT2D eigenvalue weighted by Crippen LogP contribution is -2.36. The number of nitrogens with one attached hydrogen (secondary N) is 1. The molecule has 35 heavy (non-hydrogen) atoms. The van der Waals surface area contributed by atoms with Crippen molar-refractivity contribution in [1.29, 1.82) is 0 Å². The number of hydrogen-bond donors (Lipinski definition) is 1. The van der Waals surface area contributed by atoms with Crippen molar-refractivity contribution in [2.24, 2.45) is 0 Å². The molecule has 0 unspecified atom stereocenters. The highest BCUT2D eigenvalue weighted by Crippen LogP contribution is 2.33. The van der Waals surface area contributed by atoms with Gasteiger partial charge in [0.25, 0.3) is 0 Å². The minimum absolute atomic E-state index is 0. The molecule has 2 aliphatic rings. The number of anilines is 2. The number of nitrogens with zero attached hydrogens (tertiary/aromatic N) is 6. The van der Waals surface area contributed by atoms with Gasteiger partial charge in [-0.1, -0.05) is 0 Å². The topological polar surface area (TPSA) is 88.4 Å². The number of ether oxygens (including phenoxy) is 1. The molecule has 5 rings (SSSR count). The number of aromatic nitrogens is 4. The maximum Gasteiger partial charge on any atom is 0.229 e. The number of carbonyl (C=O) groups excluding carboxylic acids is 1. The predicted octanol–water partition coefficient (Wildman–Crippen LogP) is 3.78. The first-order valence-electron chi connectivity index (χ1n) is 12.1. The van der Waals surface area contributed by atoms with Gasteiger partial charge >= 0.3 is 0 Å². The number of hydrogen-bond acceptors (Lipinski definition) is 7. The van der Waals surface area contributed by atoms with E-state index in [2.05, 4.69) is 46.3 Å². The standard InChI is InChI=1S/C25H33N7O2.ClH/c1-16(2)30-9-7-18-11-23(34-4)22(10-19(18)14-30)28-25-26-12-20-13-27-32(24(20)29-25)15-21-6-5-8-31(21)17(3)33;/h10-13,16,21H,5-9,14-15H2,1-4H3,(H,26,28,29);1H/t21-;/m0./s1. The van der Waals surface area contributed by atoms with Gasteiger partial charge in [0, 0.05) is 38.8 Å². The van der Waals surface area contributed by atoms with E-state index in [0.717, 1.165) is 61.4 Å². The van der Waals surface area contributed by atoms with Crippen LogP contribution in [0.3, 0.4) is 0 Å². The van der Waals surface area contributed by atoms with E-state index >= 15 is 0 Å². The molecule has 0 spiro atoms. The van der Waals surface area contributed by atoms with Crippen molar-refractivity contribution in [2.75, 3.05) is 25.5 Å². The minimum atomic E-state index is 0. The molecule has 0 radical (unpaired) electrons. The summed E-state index contributed by atoms with van der Waals surface area (Å²) < 4.78 is 7.58. The average molecular weight is 500 g/mol. The Bertz CT molecular complexity index is 1210. The van der Waals surface area contributed by atoms with Crippen LogP contribution in [-0.4, -0.2) is 67.7 Å². The lowest BCUT2D eigenvalue weighted by molar-refractivity contribution is -0.129. The van der Waals surface area contributed by atoms with Gasteiger partial charge in [0.15, 0.2) is 5.65 Å². The third-order valence-corrected chi connectivity index (χ3v) is 7.08. The Morgan fingerprint density at radius 3 is 2.80 bits per heavy atom. The van der Waals surface area contributed by atoms with Crippen LogP contribution in [0.1, 0.15) is 44.7 Å². The van der Waals surface area contributed by atoms with E-state index in [4.69, 9.17) is 9.72 Å². The Kier molecular flexibility index (Phi) is 7.47. The van der Waals surface area contributed by atoms with Crippen LogP contribution < -0.4 is 10.1 Å². The first-order chi connectivity index (χ1) is 16.4. The van der Waals surface area contributed by atoms with Crippen LogP contribution in [0, 0.1) is 0 Å². The van der Waals surface area contributed by atoms with Gasteiger partial charge in [-0.05, 0) is 56.4 Å². The molecule has 1 saturated heterocycles. The van der Waals surface area contributed by atoms with Crippen LogP contribution in [0.15, 0.2) is 24.5 Å². The van der Waals surface area contributed by atoms with Crippen LogP contribution in [0.5, 0.6) is 5.75 Å². The van der Waals surface area contributed by atoms with Gasteiger partial charge in [-0.25, -0.2) is 9.67 Å². The highest BCUT2D eigenvalue weighted by atomic mass is 35.5. The normalized spacial score (nSPS) is 18.0. The Morgan fingerprint density at radius 1 is 1.23 bits per heavy atom. The van der Waals surface area contributed by atoms with Gasteiger partial charge in [0.05, 0.1) is 37.0 Å². The van der Waals surface area contributed by atoms with E-state index in [1.807, 2.05) is 9.58 Å². The van der Waals surface area contributed by atoms with Gasteiger partial charge in [0.1, 0.15) is 5.75 Å². The number of fused-ring (bicyclic) bond motifs is 2. The molecule has 9 nitrogen and oxygen atoms in total. The SMILES string of the molecule is COc1cc2c(cc1Nc1ncc3cnn(C[C@@H]4CCCN4C(C)=O)c3n1)CN(C(C)C)CC2.Cl. The lowest BCUT2D eigenvalue weighted by atomic mass is 9.97. The van der Waals surface area contributed by atoms with Crippen LogP contribution in [0.4, 0.5) is 11.6 Å². The molecule has 3 aromatic rings. The highest BCUT2D eigenvalue weighted by molar-refractivity contribution is 5.85. The zero-order valence-electron chi connectivity index (χ0n) is 20.8. The van der Waals surface area contributed by atoms with E-state index in [1.165, 1.54) is 11.1 Å². The number of rotatable bonds is 6. The molecule has 0 aliphatic carbocycles. The summed E-state index contributed by atoms with van der Waals surface area (Å²) in [5.41, 5.74) is 4.26. The second-order valence-electron chi connectivity index (χ2n) is 9.57. The van der Waals surface area contributed by atoms with Crippen molar-refractivity contribution in [3.63, 3.8) is 0 Å². The fraction of sp³-hybridized carbons (Fsp3) is 0.520. The van der Waals surface area contributed by atoms with Gasteiger partial charge in [0.2, 0.25) is 11.9 Å². The van der Waals surface area contributed by atoms with Gasteiger partial charge in [-0.15, -0.1) is 12.4 Å². The first kappa shape index (κ1) is 25.2. The third-order valence-electron chi connectivity index (χ3n) is 7.08. The van der Waals surface area contributed by atoms with Crippen LogP contribution in [0.25, 0.3) is 11.0 Å². The summed E-state index contributed by atoms with van der Waals surface area (Å²) in [6, 6.07) is 4.96. The highest BCUT2D eigenvalue weighted by Gasteiger charge is 2.27. The first-order valence-corrected chi connectivity index (χ1v) is 12.1. The Labute approximate surface area is 212 Å². The lowest BCUT2D eigenvalue weighted by Gasteiger charge is -2.32. The van der Waals surface area contributed by atoms with Crippen molar-refractivity contribution < 1.29 is 9.53 Å². The fourth-order valence-corrected chi connectivity index (χ4v) is 5.14. The molecular weight excluding hydrogens is 466 g/mol. The van der Waals surface area contributed by atoms with E-state index < -0.39 is 0 Å². The zero-order chi connectivity index (χ0) is 23.8. The van der Waals surface area contributed by atoms with Gasteiger partial charge in [-0.3, -0.25) is 9.69 Å². The molecule has 0 saturated carbocycles. The predicted molar refractivity (Wildman–Crippen MR) is 139 cm³/mol. The molecule has 188 valence electrons. The molecule has 2 aliphatic heterocycles. The van der Waals surface area contributed by atoms with Crippen LogP contribution in [0.2, 0.25) is 0 Å². The summed E-state index contributed by atoms with van der Waals surface area (Å²) in [6.45, 7) is 9.54. The molecule has 2 aromatic heterocycles. The average Bonchev–Trinajstić information content (AvgIpc) is 3.45. The monoisotopic (exact) mass is 499 g/mol. The number of carbonyl (C=O) groups is 1. The number of amides is 1. The zero-order valence-corrected chi connectivity index (χ0v) is 21.6. The maximum absolute atomic E-state index is 12.0. The molecule has 0 bridgehead atoms. The van der Waals surface area contributed by atoms with Crippen molar-refractivity contribution in [2.45, 2.75) is 65.2 Å². The van der Waals surface area contributed by atoms with Gasteiger partial charge in [-0.2, -0.15) is 10.1 Å². The van der Waals surface area contributed by atoms with Crippen molar-refractivity contribution in [1.82, 2.24) is 29.5 Å². The largest absolute Gasteiger partial charge is 0.495 e. The second-order valence-corrected chi connectivity index (χ2v) is 9.57. The summed E-state index contributed by atoms with van der Waals surface area (Å²) in [4.78, 5) is 25.7.